The van der Waals surface area contributed by atoms with Gasteiger partial charge in [0.25, 0.3) is 0 Å². The summed E-state index contributed by atoms with van der Waals surface area (Å²) in [6, 6.07) is 5.78. The fourth-order valence-electron chi connectivity index (χ4n) is 2.80. The molecule has 1 heterocycles. The average Bonchev–Trinajstić information content (AvgIpc) is 3.02. The van der Waals surface area contributed by atoms with Gasteiger partial charge in [-0.1, -0.05) is 24.2 Å². The van der Waals surface area contributed by atoms with Crippen molar-refractivity contribution in [3.63, 3.8) is 0 Å². The van der Waals surface area contributed by atoms with Gasteiger partial charge >= 0.3 is 0 Å². The van der Waals surface area contributed by atoms with E-state index in [1.807, 2.05) is 18.2 Å². The van der Waals surface area contributed by atoms with Gasteiger partial charge in [-0.05, 0) is 31.0 Å². The Morgan fingerprint density at radius 1 is 1.37 bits per heavy atom. The third-order valence-electron chi connectivity index (χ3n) is 4.03. The number of aliphatic hydroxyl groups excluding tert-OH is 1. The Kier molecular flexibility index (Phi) is 3.33. The van der Waals surface area contributed by atoms with E-state index in [2.05, 4.69) is 10.3 Å². The van der Waals surface area contributed by atoms with Gasteiger partial charge in [0.2, 0.25) is 0 Å². The molecule has 1 aromatic carbocycles. The molecule has 1 aromatic heterocycles. The number of anilines is 2. The number of rotatable bonds is 4. The molecule has 3 rings (SSSR count). The third-order valence-corrected chi connectivity index (χ3v) is 5.00. The van der Waals surface area contributed by atoms with Gasteiger partial charge in [0, 0.05) is 17.6 Å². The number of hydrogen-bond donors (Lipinski definition) is 3. The molecule has 0 spiro atoms. The van der Waals surface area contributed by atoms with Crippen molar-refractivity contribution < 1.29 is 5.11 Å². The van der Waals surface area contributed by atoms with E-state index in [0.29, 0.717) is 0 Å². The smallest absolute Gasteiger partial charge is 0.183 e. The Hall–Kier alpha value is -1.33. The highest BCUT2D eigenvalue weighted by atomic mass is 32.1. The molecule has 0 atom stereocenters. The third kappa shape index (κ3) is 2.53. The number of hydrogen-bond acceptors (Lipinski definition) is 5. The van der Waals surface area contributed by atoms with Crippen LogP contribution in [0.1, 0.15) is 25.7 Å². The van der Waals surface area contributed by atoms with Crippen molar-refractivity contribution in [3.05, 3.63) is 18.2 Å². The summed E-state index contributed by atoms with van der Waals surface area (Å²) in [6.45, 7) is 1.07. The fraction of sp³-hybridized carbons (Fsp3) is 0.500. The van der Waals surface area contributed by atoms with Crippen LogP contribution in [-0.4, -0.2) is 23.2 Å². The number of nitrogens with two attached hydrogens (primary N) is 1. The molecule has 1 aliphatic carbocycles. The summed E-state index contributed by atoms with van der Waals surface area (Å²) in [5.41, 5.74) is 7.57. The largest absolute Gasteiger partial charge is 0.399 e. The van der Waals surface area contributed by atoms with E-state index in [-0.39, 0.29) is 12.0 Å². The summed E-state index contributed by atoms with van der Waals surface area (Å²) in [5, 5.41) is 13.9. The molecule has 0 saturated heterocycles. The van der Waals surface area contributed by atoms with Gasteiger partial charge in [-0.3, -0.25) is 0 Å². The number of thiazole rings is 1. The molecule has 5 heteroatoms. The number of nitrogen functional groups attached to an aromatic ring is 1. The van der Waals surface area contributed by atoms with E-state index in [1.165, 1.54) is 12.8 Å². The molecule has 1 aliphatic rings. The maximum absolute atomic E-state index is 9.60. The molecule has 0 radical (unpaired) electrons. The molecule has 1 saturated carbocycles. The minimum atomic E-state index is 0.0525. The quantitative estimate of drug-likeness (QED) is 0.752. The molecule has 19 heavy (non-hydrogen) atoms. The molecule has 1 fully saturated rings. The maximum atomic E-state index is 9.60. The van der Waals surface area contributed by atoms with Crippen LogP contribution in [0.3, 0.4) is 0 Å². The first-order chi connectivity index (χ1) is 9.21. The fourth-order valence-corrected chi connectivity index (χ4v) is 3.71. The molecule has 102 valence electrons. The molecular formula is C14H19N3OS. The maximum Gasteiger partial charge on any atom is 0.183 e. The van der Waals surface area contributed by atoms with Crippen LogP contribution in [0.15, 0.2) is 18.2 Å². The van der Waals surface area contributed by atoms with Gasteiger partial charge in [-0.25, -0.2) is 4.98 Å². The molecule has 0 aliphatic heterocycles. The number of benzene rings is 1. The molecule has 4 N–H and O–H groups in total. The zero-order chi connectivity index (χ0) is 13.3. The Labute approximate surface area is 116 Å². The summed E-state index contributed by atoms with van der Waals surface area (Å²) in [5.74, 6) is 0. The van der Waals surface area contributed by atoms with Gasteiger partial charge in [0.15, 0.2) is 5.13 Å². The van der Waals surface area contributed by atoms with Crippen LogP contribution in [0, 0.1) is 5.41 Å². The first kappa shape index (κ1) is 12.7. The van der Waals surface area contributed by atoms with E-state index in [0.717, 1.165) is 40.4 Å². The Bertz CT molecular complexity index is 575. The lowest BCUT2D eigenvalue weighted by molar-refractivity contribution is 0.142. The van der Waals surface area contributed by atoms with E-state index < -0.39 is 0 Å². The number of aromatic nitrogens is 1. The lowest BCUT2D eigenvalue weighted by Crippen LogP contribution is -2.30. The van der Waals surface area contributed by atoms with Crippen LogP contribution in [0.5, 0.6) is 0 Å². The van der Waals surface area contributed by atoms with Crippen LogP contribution >= 0.6 is 11.3 Å². The van der Waals surface area contributed by atoms with Gasteiger partial charge in [0.1, 0.15) is 0 Å². The first-order valence-electron chi connectivity index (χ1n) is 6.72. The standard InChI is InChI=1S/C14H19N3OS/c15-10-3-4-11-12(7-10)19-13(17-11)16-8-14(9-18)5-1-2-6-14/h3-4,7,18H,1-2,5-6,8-9,15H2,(H,16,17). The van der Waals surface area contributed by atoms with Gasteiger partial charge in [-0.15, -0.1) is 0 Å². The summed E-state index contributed by atoms with van der Waals surface area (Å²) in [7, 11) is 0. The number of aliphatic hydroxyl groups is 1. The van der Waals surface area contributed by atoms with Crippen LogP contribution in [0.2, 0.25) is 0 Å². The summed E-state index contributed by atoms with van der Waals surface area (Å²) in [6.07, 6.45) is 4.65. The first-order valence-corrected chi connectivity index (χ1v) is 7.53. The van der Waals surface area contributed by atoms with E-state index in [4.69, 9.17) is 5.73 Å². The lowest BCUT2D eigenvalue weighted by atomic mass is 9.87. The summed E-state index contributed by atoms with van der Waals surface area (Å²) in [4.78, 5) is 4.55. The second-order valence-corrected chi connectivity index (χ2v) is 6.50. The van der Waals surface area contributed by atoms with Crippen molar-refractivity contribution in [1.29, 1.82) is 0 Å². The van der Waals surface area contributed by atoms with Crippen LogP contribution in [-0.2, 0) is 0 Å². The highest BCUT2D eigenvalue weighted by Gasteiger charge is 2.33. The normalized spacial score (nSPS) is 17.9. The Morgan fingerprint density at radius 2 is 2.16 bits per heavy atom. The Balaban J connectivity index is 1.74. The predicted molar refractivity (Wildman–Crippen MR) is 80.5 cm³/mol. The minimum absolute atomic E-state index is 0.0525. The van der Waals surface area contributed by atoms with Crippen molar-refractivity contribution in [2.45, 2.75) is 25.7 Å². The van der Waals surface area contributed by atoms with Gasteiger partial charge < -0.3 is 16.2 Å². The molecule has 0 unspecified atom stereocenters. The average molecular weight is 277 g/mol. The second-order valence-electron chi connectivity index (χ2n) is 5.46. The van der Waals surface area contributed by atoms with Crippen LogP contribution in [0.25, 0.3) is 10.2 Å². The van der Waals surface area contributed by atoms with E-state index >= 15 is 0 Å². The molecule has 4 nitrogen and oxygen atoms in total. The van der Waals surface area contributed by atoms with Crippen LogP contribution < -0.4 is 11.1 Å². The second kappa shape index (κ2) is 4.98. The predicted octanol–water partition coefficient (Wildman–Crippen LogP) is 2.84. The van der Waals surface area contributed by atoms with Crippen molar-refractivity contribution in [2.24, 2.45) is 5.41 Å². The number of nitrogens with one attached hydrogen (secondary N) is 1. The highest BCUT2D eigenvalue weighted by molar-refractivity contribution is 7.22. The molecule has 2 aromatic rings. The van der Waals surface area contributed by atoms with Crippen LogP contribution in [0.4, 0.5) is 10.8 Å². The zero-order valence-electron chi connectivity index (χ0n) is 10.9. The monoisotopic (exact) mass is 277 g/mol. The number of nitrogens with zero attached hydrogens (tertiary/aromatic N) is 1. The number of fused-ring (bicyclic) bond motifs is 1. The summed E-state index contributed by atoms with van der Waals surface area (Å²) < 4.78 is 1.10. The van der Waals surface area contributed by atoms with Crippen molar-refractivity contribution in [3.8, 4) is 0 Å². The zero-order valence-corrected chi connectivity index (χ0v) is 11.7. The van der Waals surface area contributed by atoms with Crippen molar-refractivity contribution in [1.82, 2.24) is 4.98 Å². The van der Waals surface area contributed by atoms with Gasteiger partial charge in [-0.2, -0.15) is 0 Å². The highest BCUT2D eigenvalue weighted by Crippen LogP contribution is 2.38. The SMILES string of the molecule is Nc1ccc2nc(NCC3(CO)CCCC3)sc2c1. The molecular weight excluding hydrogens is 258 g/mol. The van der Waals surface area contributed by atoms with E-state index in [1.54, 1.807) is 11.3 Å². The summed E-state index contributed by atoms with van der Waals surface area (Å²) >= 11 is 1.62. The van der Waals surface area contributed by atoms with Crippen molar-refractivity contribution in [2.75, 3.05) is 24.2 Å². The topological polar surface area (TPSA) is 71.2 Å². The van der Waals surface area contributed by atoms with E-state index in [9.17, 15) is 5.11 Å². The Morgan fingerprint density at radius 3 is 2.89 bits per heavy atom. The lowest BCUT2D eigenvalue weighted by Gasteiger charge is -2.26. The minimum Gasteiger partial charge on any atom is -0.399 e. The van der Waals surface area contributed by atoms with Crippen molar-refractivity contribution >= 4 is 32.4 Å². The van der Waals surface area contributed by atoms with Gasteiger partial charge in [0.05, 0.1) is 16.8 Å². The molecule has 0 amide bonds. The molecule has 0 bridgehead atoms.